The minimum atomic E-state index is -0.863. The third kappa shape index (κ3) is 6.64. The summed E-state index contributed by atoms with van der Waals surface area (Å²) in [6, 6.07) is 8.54. The van der Waals surface area contributed by atoms with Crippen molar-refractivity contribution in [3.63, 3.8) is 0 Å². The quantitative estimate of drug-likeness (QED) is 0.586. The van der Waals surface area contributed by atoms with Gasteiger partial charge in [-0.3, -0.25) is 24.1 Å². The fourth-order valence-corrected chi connectivity index (χ4v) is 4.56. The van der Waals surface area contributed by atoms with Crippen molar-refractivity contribution in [1.82, 2.24) is 10.2 Å². The van der Waals surface area contributed by atoms with Gasteiger partial charge in [0.05, 0.1) is 11.9 Å². The van der Waals surface area contributed by atoms with Crippen LogP contribution in [0.25, 0.3) is 0 Å². The van der Waals surface area contributed by atoms with Crippen molar-refractivity contribution in [2.75, 3.05) is 13.2 Å². The Morgan fingerprint density at radius 2 is 2.03 bits per heavy atom. The van der Waals surface area contributed by atoms with E-state index in [1.165, 1.54) is 11.8 Å². The highest BCUT2D eigenvalue weighted by atomic mass is 32.2. The Labute approximate surface area is 197 Å². The van der Waals surface area contributed by atoms with Gasteiger partial charge < -0.3 is 10.1 Å². The van der Waals surface area contributed by atoms with Crippen LogP contribution in [-0.2, 0) is 30.3 Å². The molecule has 0 spiro atoms. The van der Waals surface area contributed by atoms with E-state index in [-0.39, 0.29) is 24.7 Å². The van der Waals surface area contributed by atoms with Gasteiger partial charge in [0.25, 0.3) is 5.91 Å². The molecule has 0 aliphatic carbocycles. The second-order valence-corrected chi connectivity index (χ2v) is 9.00. The molecule has 1 aromatic rings. The SMILES string of the molecule is CCOC(=O)CN1C(=O)C(NC(=O)[C@H](Cc2ccccc2)SC(C)=O)CC2=C1N=CC=CC2. The summed E-state index contributed by atoms with van der Waals surface area (Å²) in [7, 11) is 0. The van der Waals surface area contributed by atoms with Crippen LogP contribution in [0, 0.1) is 0 Å². The van der Waals surface area contributed by atoms with Gasteiger partial charge >= 0.3 is 5.97 Å². The van der Waals surface area contributed by atoms with Gasteiger partial charge in [0.15, 0.2) is 5.12 Å². The second kappa shape index (κ2) is 11.6. The van der Waals surface area contributed by atoms with Crippen molar-refractivity contribution in [3.05, 3.63) is 59.4 Å². The van der Waals surface area contributed by atoms with Crippen LogP contribution < -0.4 is 5.32 Å². The van der Waals surface area contributed by atoms with E-state index in [0.29, 0.717) is 18.7 Å². The number of aliphatic imine (C=N–C) groups is 1. The molecular formula is C24H27N3O5S. The number of allylic oxidation sites excluding steroid dienone is 2. The highest BCUT2D eigenvalue weighted by Gasteiger charge is 2.38. The molecule has 0 bridgehead atoms. The van der Waals surface area contributed by atoms with Crippen LogP contribution in [0.4, 0.5) is 0 Å². The van der Waals surface area contributed by atoms with Crippen LogP contribution in [0.5, 0.6) is 0 Å². The zero-order valence-electron chi connectivity index (χ0n) is 18.7. The molecule has 0 aromatic heterocycles. The van der Waals surface area contributed by atoms with Crippen molar-refractivity contribution < 1.29 is 23.9 Å². The Bertz CT molecular complexity index is 1000. The highest BCUT2D eigenvalue weighted by Crippen LogP contribution is 2.29. The molecule has 2 aliphatic rings. The van der Waals surface area contributed by atoms with Gasteiger partial charge in [-0.1, -0.05) is 48.2 Å². The van der Waals surface area contributed by atoms with Crippen molar-refractivity contribution in [2.24, 2.45) is 4.99 Å². The van der Waals surface area contributed by atoms with Crippen molar-refractivity contribution >= 4 is 40.9 Å². The number of hydrogen-bond donors (Lipinski definition) is 1. The molecule has 3 rings (SSSR count). The summed E-state index contributed by atoms with van der Waals surface area (Å²) in [6.07, 6.45) is 6.44. The number of nitrogens with one attached hydrogen (secondary N) is 1. The molecule has 33 heavy (non-hydrogen) atoms. The van der Waals surface area contributed by atoms with Gasteiger partial charge in [-0.25, -0.2) is 4.99 Å². The van der Waals surface area contributed by atoms with E-state index in [9.17, 15) is 19.2 Å². The third-order valence-electron chi connectivity index (χ3n) is 5.14. The molecule has 0 radical (unpaired) electrons. The average molecular weight is 470 g/mol. The lowest BCUT2D eigenvalue weighted by molar-refractivity contribution is -0.149. The Balaban J connectivity index is 1.81. The number of nitrogens with zero attached hydrogens (tertiary/aromatic N) is 2. The summed E-state index contributed by atoms with van der Waals surface area (Å²) in [5.41, 5.74) is 1.76. The first-order valence-corrected chi connectivity index (χ1v) is 11.7. The predicted octanol–water partition coefficient (Wildman–Crippen LogP) is 2.40. The average Bonchev–Trinajstić information content (AvgIpc) is 3.02. The number of amides is 2. The maximum Gasteiger partial charge on any atom is 0.326 e. The molecule has 0 fully saturated rings. The molecule has 0 saturated heterocycles. The van der Waals surface area contributed by atoms with Gasteiger partial charge in [-0.2, -0.15) is 0 Å². The zero-order chi connectivity index (χ0) is 23.8. The van der Waals surface area contributed by atoms with Crippen LogP contribution in [0.3, 0.4) is 0 Å². The number of carbonyl (C=O) groups excluding carboxylic acids is 4. The van der Waals surface area contributed by atoms with Crippen LogP contribution in [0.1, 0.15) is 32.3 Å². The van der Waals surface area contributed by atoms with E-state index in [2.05, 4.69) is 10.3 Å². The van der Waals surface area contributed by atoms with E-state index in [4.69, 9.17) is 4.74 Å². The van der Waals surface area contributed by atoms with Crippen molar-refractivity contribution in [3.8, 4) is 0 Å². The molecular weight excluding hydrogens is 442 g/mol. The molecule has 1 aromatic carbocycles. The molecule has 8 nitrogen and oxygen atoms in total. The highest BCUT2D eigenvalue weighted by molar-refractivity contribution is 8.14. The number of carbonyl (C=O) groups is 4. The van der Waals surface area contributed by atoms with Gasteiger partial charge in [0.2, 0.25) is 5.91 Å². The fourth-order valence-electron chi connectivity index (χ4n) is 3.71. The number of rotatable bonds is 8. The minimum Gasteiger partial charge on any atom is -0.465 e. The first kappa shape index (κ1) is 24.4. The monoisotopic (exact) mass is 469 g/mol. The number of esters is 1. The Hall–Kier alpha value is -3.20. The molecule has 1 unspecified atom stereocenters. The predicted molar refractivity (Wildman–Crippen MR) is 126 cm³/mol. The fraction of sp³-hybridized carbons (Fsp3) is 0.375. The summed E-state index contributed by atoms with van der Waals surface area (Å²) in [5, 5.41) is 1.95. The lowest BCUT2D eigenvalue weighted by atomic mass is 9.97. The van der Waals surface area contributed by atoms with Gasteiger partial charge in [0.1, 0.15) is 18.4 Å². The number of ether oxygens (including phenoxy) is 1. The summed E-state index contributed by atoms with van der Waals surface area (Å²) in [6.45, 7) is 3.01. The van der Waals surface area contributed by atoms with E-state index in [1.807, 2.05) is 36.4 Å². The maximum absolute atomic E-state index is 13.3. The van der Waals surface area contributed by atoms with E-state index in [1.54, 1.807) is 19.2 Å². The van der Waals surface area contributed by atoms with Gasteiger partial charge in [-0.15, -0.1) is 0 Å². The summed E-state index contributed by atoms with van der Waals surface area (Å²) in [4.78, 5) is 56.0. The van der Waals surface area contributed by atoms with Crippen LogP contribution in [0.2, 0.25) is 0 Å². The van der Waals surface area contributed by atoms with Gasteiger partial charge in [0, 0.05) is 19.6 Å². The van der Waals surface area contributed by atoms with Crippen molar-refractivity contribution in [2.45, 2.75) is 44.4 Å². The van der Waals surface area contributed by atoms with E-state index in [0.717, 1.165) is 22.9 Å². The first-order chi connectivity index (χ1) is 15.9. The molecule has 2 atom stereocenters. The van der Waals surface area contributed by atoms with E-state index < -0.39 is 29.1 Å². The maximum atomic E-state index is 13.3. The summed E-state index contributed by atoms with van der Waals surface area (Å²) in [5.74, 6) is -0.959. The molecule has 0 saturated carbocycles. The topological polar surface area (TPSA) is 105 Å². The first-order valence-electron chi connectivity index (χ1n) is 10.8. The zero-order valence-corrected chi connectivity index (χ0v) is 19.5. The lowest BCUT2D eigenvalue weighted by Gasteiger charge is -2.34. The van der Waals surface area contributed by atoms with Crippen LogP contribution in [-0.4, -0.2) is 58.5 Å². The Morgan fingerprint density at radius 1 is 1.27 bits per heavy atom. The number of benzene rings is 1. The van der Waals surface area contributed by atoms with E-state index >= 15 is 0 Å². The molecule has 2 amide bonds. The smallest absolute Gasteiger partial charge is 0.326 e. The third-order valence-corrected chi connectivity index (χ3v) is 6.14. The second-order valence-electron chi connectivity index (χ2n) is 7.62. The summed E-state index contributed by atoms with van der Waals surface area (Å²) >= 11 is 0.940. The standard InChI is InChI=1S/C24H27N3O5S/c1-3-32-21(29)15-27-22-18(11-7-8-12-25-22)14-19(24(27)31)26-23(30)20(33-16(2)28)13-17-9-5-4-6-10-17/h4-10,12,19-20H,3,11,13-15H2,1-2H3,(H,26,30)/t19?,20-/m0/s1. The largest absolute Gasteiger partial charge is 0.465 e. The minimum absolute atomic E-state index is 0.182. The molecule has 2 aliphatic heterocycles. The van der Waals surface area contributed by atoms with Crippen molar-refractivity contribution in [1.29, 1.82) is 0 Å². The molecule has 1 N–H and O–H groups in total. The molecule has 2 heterocycles. The number of thioether (sulfide) groups is 1. The lowest BCUT2D eigenvalue weighted by Crippen LogP contribution is -2.54. The molecule has 9 heteroatoms. The number of hydrogen-bond acceptors (Lipinski definition) is 7. The Morgan fingerprint density at radius 3 is 2.73 bits per heavy atom. The van der Waals surface area contributed by atoms with Crippen LogP contribution >= 0.6 is 11.8 Å². The van der Waals surface area contributed by atoms with Gasteiger partial charge in [-0.05, 0) is 37.0 Å². The Kier molecular flexibility index (Phi) is 8.59. The van der Waals surface area contributed by atoms with Crippen LogP contribution in [0.15, 0.2) is 58.9 Å². The normalized spacial score (nSPS) is 18.4. The summed E-state index contributed by atoms with van der Waals surface area (Å²) < 4.78 is 5.02. The molecule has 174 valence electrons.